The van der Waals surface area contributed by atoms with Gasteiger partial charge < -0.3 is 0 Å². The van der Waals surface area contributed by atoms with Crippen LogP contribution < -0.4 is 0 Å². The summed E-state index contributed by atoms with van der Waals surface area (Å²) in [5.41, 5.74) is 0. The Morgan fingerprint density at radius 2 is 0.800 bits per heavy atom. The number of hydrogen-bond donors (Lipinski definition) is 0. The molecule has 5 heteroatoms. The minimum atomic E-state index is -1.75. The van der Waals surface area contributed by atoms with Gasteiger partial charge in [-0.15, -0.1) is 0 Å². The van der Waals surface area contributed by atoms with Crippen LogP contribution in [0.5, 0.6) is 0 Å². The van der Waals surface area contributed by atoms with E-state index < -0.39 is 8.21 Å². The van der Waals surface area contributed by atoms with Gasteiger partial charge in [-0.3, -0.25) is 0 Å². The van der Waals surface area contributed by atoms with E-state index in [1.54, 1.807) is 0 Å². The molecule has 0 aliphatic rings. The molecule has 0 rings (SSSR count). The fraction of sp³-hybridized carbons (Fsp3) is 0. The van der Waals surface area contributed by atoms with Gasteiger partial charge in [0.05, 0.1) is 0 Å². The summed E-state index contributed by atoms with van der Waals surface area (Å²) in [6.45, 7) is 0. The first kappa shape index (κ1) is 7.63. The number of hydrogen-bond acceptors (Lipinski definition) is 0. The van der Waals surface area contributed by atoms with Crippen LogP contribution in [0.2, 0.25) is 0 Å². The van der Waals surface area contributed by atoms with E-state index >= 15 is 0 Å². The topological polar surface area (TPSA) is 0 Å². The molecule has 0 unspecified atom stereocenters. The summed E-state index contributed by atoms with van der Waals surface area (Å²) in [5.74, 6) is 0. The monoisotopic (exact) mass is 364 g/mol. The van der Waals surface area contributed by atoms with Crippen LogP contribution in [0.4, 0.5) is 0 Å². The Kier molecular flexibility index (Phi) is 4.31. The normalized spacial score (nSPS) is 12.0. The molecule has 0 aromatic carbocycles. The van der Waals surface area contributed by atoms with Crippen molar-refractivity contribution in [3.63, 3.8) is 0 Å². The molecule has 0 radical (unpaired) electrons. The second-order valence-electron chi connectivity index (χ2n) is 0.429. The van der Waals surface area contributed by atoms with Gasteiger partial charge in [0, 0.05) is 0 Å². The van der Waals surface area contributed by atoms with Crippen LogP contribution in [0.15, 0.2) is 0 Å². The average molecular weight is 367 g/mol. The van der Waals surface area contributed by atoms with Gasteiger partial charge in [0.15, 0.2) is 0 Å². The van der Waals surface area contributed by atoms with Gasteiger partial charge in [-0.05, 0) is 0 Å². The van der Waals surface area contributed by atoms with Gasteiger partial charge in [-0.2, -0.15) is 0 Å². The average Bonchev–Trinajstić information content (AvgIpc) is 0.722. The van der Waals surface area contributed by atoms with Crippen LogP contribution in [0.3, 0.4) is 0 Å². The second-order valence-corrected chi connectivity index (χ2v) is 47.7. The van der Waals surface area contributed by atoms with Gasteiger partial charge in [0.1, 0.15) is 0 Å². The molecule has 0 nitrogen and oxygen atoms in total. The van der Waals surface area contributed by atoms with Crippen LogP contribution in [0.25, 0.3) is 0 Å². The SMILES string of the molecule is [Br][Ti]([Br])([Br])[Br]. The molecule has 0 atom stereocenters. The zero-order valence-corrected chi connectivity index (χ0v) is 9.92. The van der Waals surface area contributed by atoms with E-state index in [-0.39, 0.29) is 0 Å². The number of halogens is 4. The molecule has 5 heavy (non-hydrogen) atoms. The van der Waals surface area contributed by atoms with E-state index in [2.05, 4.69) is 52.6 Å². The summed E-state index contributed by atoms with van der Waals surface area (Å²) in [4.78, 5) is 0. The molecule has 0 fully saturated rings. The molecule has 32 valence electrons. The van der Waals surface area contributed by atoms with Gasteiger partial charge in [0.25, 0.3) is 0 Å². The molecule has 0 aromatic rings. The van der Waals surface area contributed by atoms with Crippen LogP contribution in [0.1, 0.15) is 0 Å². The van der Waals surface area contributed by atoms with Gasteiger partial charge in [-0.1, -0.05) is 0 Å². The summed E-state index contributed by atoms with van der Waals surface area (Å²) < 4.78 is 0. The maximum atomic E-state index is 3.31. The van der Waals surface area contributed by atoms with Crippen molar-refractivity contribution in [2.24, 2.45) is 0 Å². The van der Waals surface area contributed by atoms with Crippen molar-refractivity contribution < 1.29 is 8.21 Å². The molecule has 0 N–H and O–H groups in total. The first-order chi connectivity index (χ1) is 2.00. The molecule has 0 aromatic heterocycles. The van der Waals surface area contributed by atoms with Gasteiger partial charge in [0.2, 0.25) is 0 Å². The van der Waals surface area contributed by atoms with Crippen LogP contribution in [-0.2, 0) is 8.21 Å². The minimum absolute atomic E-state index is 1.75. The molecule has 0 amide bonds. The third-order valence-electron chi connectivity index (χ3n) is 0. The van der Waals surface area contributed by atoms with Gasteiger partial charge >= 0.3 is 60.9 Å². The molecule has 0 bridgehead atoms. The Morgan fingerprint density at radius 3 is 0.800 bits per heavy atom. The molecule has 0 aliphatic heterocycles. The van der Waals surface area contributed by atoms with Crippen molar-refractivity contribution in [2.45, 2.75) is 0 Å². The molecule has 0 aliphatic carbocycles. The predicted octanol–water partition coefficient (Wildman–Crippen LogP) is 3.38. The Labute approximate surface area is 59.6 Å². The van der Waals surface area contributed by atoms with E-state index in [1.807, 2.05) is 0 Å². The van der Waals surface area contributed by atoms with Crippen LogP contribution in [-0.4, -0.2) is 0 Å². The van der Waals surface area contributed by atoms with Crippen molar-refractivity contribution in [3.8, 4) is 0 Å². The molecule has 0 heterocycles. The zero-order chi connectivity index (χ0) is 4.50. The van der Waals surface area contributed by atoms with Crippen LogP contribution >= 0.6 is 52.6 Å². The molecule has 0 saturated heterocycles. The molecule has 0 spiro atoms. The standard InChI is InChI=1S/4BrH.Ti/h4*1H;/q;;;;+4/p-4. The van der Waals surface area contributed by atoms with Crippen molar-refractivity contribution in [1.29, 1.82) is 0 Å². The van der Waals surface area contributed by atoms with Crippen molar-refractivity contribution >= 4 is 52.6 Å². The second kappa shape index (κ2) is 2.83. The first-order valence-corrected chi connectivity index (χ1v) is 16.2. The quantitative estimate of drug-likeness (QED) is 0.576. The van der Waals surface area contributed by atoms with Gasteiger partial charge in [-0.25, -0.2) is 0 Å². The first-order valence-electron chi connectivity index (χ1n) is 0.756. The molecular weight excluding hydrogens is 367 g/mol. The van der Waals surface area contributed by atoms with E-state index in [0.717, 1.165) is 0 Å². The summed E-state index contributed by atoms with van der Waals surface area (Å²) in [6.07, 6.45) is 0. The summed E-state index contributed by atoms with van der Waals surface area (Å²) >= 11 is 13.2. The van der Waals surface area contributed by atoms with Crippen LogP contribution in [0, 0.1) is 0 Å². The Hall–Kier alpha value is 2.63. The van der Waals surface area contributed by atoms with E-state index in [9.17, 15) is 0 Å². The Balaban J connectivity index is 3.02. The van der Waals surface area contributed by atoms with E-state index in [0.29, 0.717) is 0 Å². The third kappa shape index (κ3) is 20.5. The third-order valence-corrected chi connectivity index (χ3v) is 0. The van der Waals surface area contributed by atoms with Crippen molar-refractivity contribution in [2.75, 3.05) is 0 Å². The van der Waals surface area contributed by atoms with E-state index in [4.69, 9.17) is 0 Å². The summed E-state index contributed by atoms with van der Waals surface area (Å²) in [7, 11) is -1.75. The van der Waals surface area contributed by atoms with Crippen molar-refractivity contribution in [3.05, 3.63) is 0 Å². The molecular formula is Br4Ti. The fourth-order valence-corrected chi connectivity index (χ4v) is 0. The Bertz CT molecular complexity index is 19.1. The zero-order valence-electron chi connectivity index (χ0n) is 2.01. The maximum absolute atomic E-state index is 3.31. The van der Waals surface area contributed by atoms with E-state index in [1.165, 1.54) is 0 Å². The molecule has 0 saturated carbocycles. The summed E-state index contributed by atoms with van der Waals surface area (Å²) in [5, 5.41) is 0. The predicted molar refractivity (Wildman–Crippen MR) is 35.7 cm³/mol. The fourth-order valence-electron chi connectivity index (χ4n) is 0. The Morgan fingerprint density at radius 1 is 0.800 bits per heavy atom. The summed E-state index contributed by atoms with van der Waals surface area (Å²) in [6, 6.07) is 0. The van der Waals surface area contributed by atoms with Crippen molar-refractivity contribution in [1.82, 2.24) is 0 Å². The number of rotatable bonds is 0.